The first-order valence-electron chi connectivity index (χ1n) is 5.77. The molecule has 0 bridgehead atoms. The quantitative estimate of drug-likeness (QED) is 0.945. The van der Waals surface area contributed by atoms with Gasteiger partial charge in [-0.1, -0.05) is 12.1 Å². The zero-order chi connectivity index (χ0) is 13.1. The van der Waals surface area contributed by atoms with E-state index in [0.717, 1.165) is 21.5 Å². The summed E-state index contributed by atoms with van der Waals surface area (Å²) in [6.07, 6.45) is 1.82. The molecule has 1 aromatic heterocycles. The van der Waals surface area contributed by atoms with E-state index in [2.05, 4.69) is 44.9 Å². The van der Waals surface area contributed by atoms with Gasteiger partial charge in [-0.3, -0.25) is 0 Å². The number of nitrogens with zero attached hydrogens (tertiary/aromatic N) is 2. The van der Waals surface area contributed by atoms with Crippen LogP contribution >= 0.6 is 15.9 Å². The topological polar surface area (TPSA) is 42.2 Å². The number of aryl methyl sites for hydroxylation is 1. The van der Waals surface area contributed by atoms with E-state index in [4.69, 9.17) is 5.73 Å². The van der Waals surface area contributed by atoms with Gasteiger partial charge >= 0.3 is 0 Å². The van der Waals surface area contributed by atoms with Gasteiger partial charge in [0.05, 0.1) is 4.47 Å². The van der Waals surface area contributed by atoms with Crippen molar-refractivity contribution in [3.8, 4) is 0 Å². The maximum atomic E-state index is 5.60. The molecule has 1 aromatic carbocycles. The number of anilines is 2. The van der Waals surface area contributed by atoms with Gasteiger partial charge in [0.2, 0.25) is 0 Å². The number of rotatable bonds is 3. The van der Waals surface area contributed by atoms with Gasteiger partial charge in [0.1, 0.15) is 5.82 Å². The van der Waals surface area contributed by atoms with Gasteiger partial charge < -0.3 is 10.6 Å². The Bertz CT molecular complexity index is 537. The Morgan fingerprint density at radius 2 is 1.89 bits per heavy atom. The Kier molecular flexibility index (Phi) is 3.99. The molecular weight excluding hydrogens is 290 g/mol. The van der Waals surface area contributed by atoms with Crippen LogP contribution in [0, 0.1) is 6.92 Å². The minimum atomic E-state index is 0.566. The fourth-order valence-corrected chi connectivity index (χ4v) is 2.24. The highest BCUT2D eigenvalue weighted by Gasteiger charge is 2.10. The van der Waals surface area contributed by atoms with Crippen LogP contribution in [0.1, 0.15) is 11.1 Å². The molecule has 2 N–H and O–H groups in total. The lowest BCUT2D eigenvalue weighted by Gasteiger charge is -2.20. The van der Waals surface area contributed by atoms with Crippen molar-refractivity contribution in [2.45, 2.75) is 13.5 Å². The first-order valence-corrected chi connectivity index (χ1v) is 6.56. The van der Waals surface area contributed by atoms with Crippen LogP contribution in [0.5, 0.6) is 0 Å². The Hall–Kier alpha value is -1.39. The summed E-state index contributed by atoms with van der Waals surface area (Å²) in [5.74, 6) is 0.912. The van der Waals surface area contributed by atoms with Crippen molar-refractivity contribution in [3.05, 3.63) is 52.1 Å². The highest BCUT2D eigenvalue weighted by molar-refractivity contribution is 9.10. The molecule has 0 aliphatic carbocycles. The molecule has 3 nitrogen and oxygen atoms in total. The second kappa shape index (κ2) is 5.50. The van der Waals surface area contributed by atoms with Gasteiger partial charge in [0.15, 0.2) is 0 Å². The van der Waals surface area contributed by atoms with E-state index in [1.54, 1.807) is 0 Å². The van der Waals surface area contributed by atoms with Crippen LogP contribution in [0.25, 0.3) is 0 Å². The first-order chi connectivity index (χ1) is 8.63. The summed E-state index contributed by atoms with van der Waals surface area (Å²) in [7, 11) is 2.00. The first kappa shape index (κ1) is 13.1. The lowest BCUT2D eigenvalue weighted by atomic mass is 10.2. The van der Waals surface area contributed by atoms with Crippen LogP contribution in [-0.2, 0) is 6.54 Å². The summed E-state index contributed by atoms with van der Waals surface area (Å²) < 4.78 is 1.02. The van der Waals surface area contributed by atoms with Gasteiger partial charge in [-0.05, 0) is 52.2 Å². The maximum Gasteiger partial charge on any atom is 0.147 e. The minimum absolute atomic E-state index is 0.566. The zero-order valence-corrected chi connectivity index (χ0v) is 12.1. The third-order valence-electron chi connectivity index (χ3n) is 2.94. The van der Waals surface area contributed by atoms with Crippen LogP contribution in [-0.4, -0.2) is 12.0 Å². The highest BCUT2D eigenvalue weighted by Crippen LogP contribution is 2.30. The van der Waals surface area contributed by atoms with E-state index < -0.39 is 0 Å². The standard InChI is InChI=1S/C14H16BrN3/c1-10-7-8-17-14(13(10)15)18(2)12-5-3-11(9-16)4-6-12/h3-8H,9,16H2,1-2H3. The predicted molar refractivity (Wildman–Crippen MR) is 79.1 cm³/mol. The van der Waals surface area contributed by atoms with Crippen molar-refractivity contribution < 1.29 is 0 Å². The number of benzene rings is 1. The number of halogens is 1. The van der Waals surface area contributed by atoms with Crippen LogP contribution < -0.4 is 10.6 Å². The lowest BCUT2D eigenvalue weighted by Crippen LogP contribution is -2.12. The van der Waals surface area contributed by atoms with Crippen molar-refractivity contribution in [2.75, 3.05) is 11.9 Å². The SMILES string of the molecule is Cc1ccnc(N(C)c2ccc(CN)cc2)c1Br. The van der Waals surface area contributed by atoms with Crippen molar-refractivity contribution in [1.82, 2.24) is 4.98 Å². The third-order valence-corrected chi connectivity index (χ3v) is 3.92. The molecular formula is C14H16BrN3. The summed E-state index contributed by atoms with van der Waals surface area (Å²) in [5.41, 5.74) is 8.99. The van der Waals surface area contributed by atoms with Gasteiger partial charge in [-0.25, -0.2) is 4.98 Å². The van der Waals surface area contributed by atoms with Gasteiger partial charge in [0.25, 0.3) is 0 Å². The predicted octanol–water partition coefficient (Wildman–Crippen LogP) is 3.38. The highest BCUT2D eigenvalue weighted by atomic mass is 79.9. The number of pyridine rings is 1. The molecule has 0 saturated carbocycles. The average Bonchev–Trinajstić information content (AvgIpc) is 2.41. The molecule has 1 heterocycles. The molecule has 0 saturated heterocycles. The van der Waals surface area contributed by atoms with E-state index in [1.165, 1.54) is 5.56 Å². The molecule has 94 valence electrons. The van der Waals surface area contributed by atoms with Gasteiger partial charge in [0, 0.05) is 25.5 Å². The second-order valence-corrected chi connectivity index (χ2v) is 4.99. The van der Waals surface area contributed by atoms with Crippen molar-refractivity contribution in [1.29, 1.82) is 0 Å². The molecule has 0 atom stereocenters. The number of hydrogen-bond acceptors (Lipinski definition) is 3. The fourth-order valence-electron chi connectivity index (χ4n) is 1.74. The molecule has 0 unspecified atom stereocenters. The van der Waals surface area contributed by atoms with E-state index in [-0.39, 0.29) is 0 Å². The van der Waals surface area contributed by atoms with Crippen molar-refractivity contribution in [3.63, 3.8) is 0 Å². The van der Waals surface area contributed by atoms with Crippen LogP contribution in [0.2, 0.25) is 0 Å². The van der Waals surface area contributed by atoms with Gasteiger partial charge in [-0.2, -0.15) is 0 Å². The molecule has 0 fully saturated rings. The molecule has 0 radical (unpaired) electrons. The fraction of sp³-hybridized carbons (Fsp3) is 0.214. The normalized spacial score (nSPS) is 10.4. The Labute approximate surface area is 116 Å². The molecule has 4 heteroatoms. The largest absolute Gasteiger partial charge is 0.329 e. The van der Waals surface area contributed by atoms with Crippen molar-refractivity contribution in [2.24, 2.45) is 5.73 Å². The van der Waals surface area contributed by atoms with E-state index >= 15 is 0 Å². The molecule has 0 spiro atoms. The van der Waals surface area contributed by atoms with Crippen LogP contribution in [0.15, 0.2) is 41.0 Å². The second-order valence-electron chi connectivity index (χ2n) is 4.20. The Balaban J connectivity index is 2.35. The Morgan fingerprint density at radius 3 is 2.50 bits per heavy atom. The zero-order valence-electron chi connectivity index (χ0n) is 10.5. The molecule has 2 aromatic rings. The minimum Gasteiger partial charge on any atom is -0.329 e. The van der Waals surface area contributed by atoms with E-state index in [0.29, 0.717) is 6.54 Å². The number of hydrogen-bond donors (Lipinski definition) is 1. The lowest BCUT2D eigenvalue weighted by molar-refractivity contribution is 1.06. The Morgan fingerprint density at radius 1 is 1.22 bits per heavy atom. The average molecular weight is 306 g/mol. The molecule has 18 heavy (non-hydrogen) atoms. The monoisotopic (exact) mass is 305 g/mol. The maximum absolute atomic E-state index is 5.60. The summed E-state index contributed by atoms with van der Waals surface area (Å²) in [4.78, 5) is 6.47. The number of nitrogens with two attached hydrogens (primary N) is 1. The van der Waals surface area contributed by atoms with Crippen LogP contribution in [0.4, 0.5) is 11.5 Å². The van der Waals surface area contributed by atoms with Crippen molar-refractivity contribution >= 4 is 27.4 Å². The summed E-state index contributed by atoms with van der Waals surface area (Å²) in [6.45, 7) is 2.62. The molecule has 0 aliphatic rings. The van der Waals surface area contributed by atoms with E-state index in [9.17, 15) is 0 Å². The summed E-state index contributed by atoms with van der Waals surface area (Å²) in [5, 5.41) is 0. The summed E-state index contributed by atoms with van der Waals surface area (Å²) in [6, 6.07) is 10.2. The smallest absolute Gasteiger partial charge is 0.147 e. The molecule has 2 rings (SSSR count). The van der Waals surface area contributed by atoms with Gasteiger partial charge in [-0.15, -0.1) is 0 Å². The molecule has 0 aliphatic heterocycles. The summed E-state index contributed by atoms with van der Waals surface area (Å²) >= 11 is 3.58. The third kappa shape index (κ3) is 2.54. The number of aromatic nitrogens is 1. The van der Waals surface area contributed by atoms with E-state index in [1.807, 2.05) is 31.4 Å². The molecule has 0 amide bonds. The van der Waals surface area contributed by atoms with Crippen LogP contribution in [0.3, 0.4) is 0 Å².